The van der Waals surface area contributed by atoms with Crippen molar-refractivity contribution in [3.05, 3.63) is 70.8 Å². The molecule has 68 heavy (non-hydrogen) atoms. The molecule has 1 saturated heterocycles. The van der Waals surface area contributed by atoms with Gasteiger partial charge in [0.2, 0.25) is 23.0 Å². The molecule has 0 spiro atoms. The maximum Gasteiger partial charge on any atom is 0.339 e. The number of carbonyl (C=O) groups excluding carboxylic acids is 4. The van der Waals surface area contributed by atoms with E-state index in [1.165, 1.54) is 128 Å². The molecular formula is C46H52O22. The van der Waals surface area contributed by atoms with Crippen LogP contribution in [0.5, 0.6) is 69.0 Å². The average Bonchev–Trinajstić information content (AvgIpc) is 3.36. The Morgan fingerprint density at radius 1 is 0.412 bits per heavy atom. The summed E-state index contributed by atoms with van der Waals surface area (Å²) in [6.45, 7) is -0.717. The van der Waals surface area contributed by atoms with Gasteiger partial charge in [0.25, 0.3) is 0 Å². The Morgan fingerprint density at radius 2 is 0.721 bits per heavy atom. The first-order valence-electron chi connectivity index (χ1n) is 20.1. The van der Waals surface area contributed by atoms with Crippen molar-refractivity contribution in [3.63, 3.8) is 0 Å². The SMILES string of the molecule is COc1cc(C(=O)O[C@H]2[C@H](OC)O[C@H](COC(=O)c3cc(OC)c(OC)c(OC)c3)[C@@H](OC(=O)c3cc(OC)c(OC)c(OC)c3)[C@@H]2OC(=O)c2cc(OC)c(OC)c(OC)c2)cc(O)c1OC. The molecule has 4 aromatic carbocycles. The zero-order chi connectivity index (χ0) is 49.8. The molecule has 0 radical (unpaired) electrons. The molecule has 4 aromatic rings. The van der Waals surface area contributed by atoms with Crippen LogP contribution in [0.2, 0.25) is 0 Å². The summed E-state index contributed by atoms with van der Waals surface area (Å²) in [7, 11) is 15.9. The van der Waals surface area contributed by atoms with Crippen molar-refractivity contribution < 1.29 is 105 Å². The van der Waals surface area contributed by atoms with E-state index in [2.05, 4.69) is 0 Å². The fourth-order valence-electron chi connectivity index (χ4n) is 7.08. The zero-order valence-corrected chi connectivity index (χ0v) is 39.2. The third kappa shape index (κ3) is 10.8. The topological polar surface area (TPSA) is 245 Å². The molecule has 1 heterocycles. The summed E-state index contributed by atoms with van der Waals surface area (Å²) in [6, 6.07) is 10.1. The first kappa shape index (κ1) is 51.3. The number of esters is 4. The minimum Gasteiger partial charge on any atom is -0.504 e. The number of carbonyl (C=O) groups is 4. The van der Waals surface area contributed by atoms with E-state index in [-0.39, 0.29) is 85.5 Å². The van der Waals surface area contributed by atoms with Gasteiger partial charge in [-0.2, -0.15) is 0 Å². The van der Waals surface area contributed by atoms with Crippen LogP contribution >= 0.6 is 0 Å². The molecule has 0 bridgehead atoms. The highest BCUT2D eigenvalue weighted by atomic mass is 16.7. The Morgan fingerprint density at radius 3 is 1.06 bits per heavy atom. The van der Waals surface area contributed by atoms with Crippen LogP contribution in [0.3, 0.4) is 0 Å². The number of phenolic OH excluding ortho intramolecular Hbond substituents is 1. The van der Waals surface area contributed by atoms with Gasteiger partial charge >= 0.3 is 23.9 Å². The van der Waals surface area contributed by atoms with Crippen molar-refractivity contribution >= 4 is 23.9 Å². The average molecular weight is 957 g/mol. The molecule has 0 aliphatic carbocycles. The Kier molecular flexibility index (Phi) is 17.4. The van der Waals surface area contributed by atoms with Gasteiger partial charge in [0.05, 0.1) is 100 Å². The smallest absolute Gasteiger partial charge is 0.339 e. The van der Waals surface area contributed by atoms with Gasteiger partial charge in [0.1, 0.15) is 12.7 Å². The van der Waals surface area contributed by atoms with Gasteiger partial charge in [0.15, 0.2) is 70.6 Å². The fourth-order valence-corrected chi connectivity index (χ4v) is 7.08. The molecule has 1 aliphatic heterocycles. The van der Waals surface area contributed by atoms with Gasteiger partial charge in [-0.3, -0.25) is 0 Å². The molecule has 1 fully saturated rings. The van der Waals surface area contributed by atoms with Gasteiger partial charge < -0.3 is 85.6 Å². The number of ether oxygens (including phenoxy) is 17. The van der Waals surface area contributed by atoms with Crippen LogP contribution in [0.1, 0.15) is 41.4 Å². The number of benzene rings is 4. The number of hydrogen-bond donors (Lipinski definition) is 1. The summed E-state index contributed by atoms with van der Waals surface area (Å²) in [5.41, 5.74) is -0.655. The van der Waals surface area contributed by atoms with Crippen molar-refractivity contribution in [2.45, 2.75) is 30.7 Å². The zero-order valence-electron chi connectivity index (χ0n) is 39.2. The molecule has 0 unspecified atom stereocenters. The van der Waals surface area contributed by atoms with Gasteiger partial charge in [0, 0.05) is 7.11 Å². The largest absolute Gasteiger partial charge is 0.504 e. The van der Waals surface area contributed by atoms with E-state index in [4.69, 9.17) is 80.5 Å². The van der Waals surface area contributed by atoms with Crippen LogP contribution in [0.4, 0.5) is 0 Å². The normalized spacial score (nSPS) is 17.3. The number of phenols is 1. The summed E-state index contributed by atoms with van der Waals surface area (Å²) in [4.78, 5) is 56.8. The number of aromatic hydroxyl groups is 1. The van der Waals surface area contributed by atoms with Crippen LogP contribution in [0.25, 0.3) is 0 Å². The molecule has 1 N–H and O–H groups in total. The minimum absolute atomic E-state index is 0.0425. The second kappa shape index (κ2) is 23.1. The first-order chi connectivity index (χ1) is 32.7. The second-order valence-electron chi connectivity index (χ2n) is 14.0. The van der Waals surface area contributed by atoms with Crippen molar-refractivity contribution in [1.29, 1.82) is 0 Å². The highest BCUT2D eigenvalue weighted by molar-refractivity contribution is 5.94. The Bertz CT molecular complexity index is 2380. The Labute approximate surface area is 390 Å². The van der Waals surface area contributed by atoms with E-state index >= 15 is 0 Å². The standard InChI is InChI=1S/C46H52O22/c1-52-27-14-22(13-26(47)35(27)59-8)43(49)68-41-40(67-45(51)25-19-32(57-6)38(62-11)33(20-25)58-7)39(66-44(50)24-17-30(55-4)37(61-10)31(18-24)56-5)34(65-46(41)63-12)21-64-42(48)23-15-28(53-2)36(60-9)29(16-23)54-3/h13-20,34,39-41,46-47H,21H2,1-12H3/t34-,39-,40+,41-,46-/m1/s1. The Hall–Kier alpha value is -7.72. The third-order valence-corrected chi connectivity index (χ3v) is 10.3. The molecule has 5 rings (SSSR count). The highest BCUT2D eigenvalue weighted by Gasteiger charge is 2.53. The van der Waals surface area contributed by atoms with E-state index in [0.29, 0.717) is 0 Å². The second-order valence-corrected chi connectivity index (χ2v) is 14.0. The molecule has 0 saturated carbocycles. The monoisotopic (exact) mass is 956 g/mol. The van der Waals surface area contributed by atoms with Crippen molar-refractivity contribution in [1.82, 2.24) is 0 Å². The van der Waals surface area contributed by atoms with Gasteiger partial charge in [-0.05, 0) is 48.5 Å². The molecule has 5 atom stereocenters. The van der Waals surface area contributed by atoms with Crippen LogP contribution in [-0.2, 0) is 28.4 Å². The lowest BCUT2D eigenvalue weighted by Gasteiger charge is -2.44. The molecule has 0 amide bonds. The minimum atomic E-state index is -1.87. The van der Waals surface area contributed by atoms with Crippen LogP contribution < -0.4 is 52.1 Å². The van der Waals surface area contributed by atoms with Gasteiger partial charge in [-0.15, -0.1) is 0 Å². The molecule has 368 valence electrons. The summed E-state index contributed by atoms with van der Waals surface area (Å²) >= 11 is 0. The Balaban J connectivity index is 1.67. The highest BCUT2D eigenvalue weighted by Crippen LogP contribution is 2.43. The van der Waals surface area contributed by atoms with E-state index in [9.17, 15) is 24.3 Å². The molecule has 0 aromatic heterocycles. The predicted octanol–water partition coefficient (Wildman–Crippen LogP) is 4.69. The van der Waals surface area contributed by atoms with E-state index in [1.807, 2.05) is 0 Å². The third-order valence-electron chi connectivity index (χ3n) is 10.3. The molecule has 22 heteroatoms. The lowest BCUT2D eigenvalue weighted by atomic mass is 9.97. The van der Waals surface area contributed by atoms with Crippen LogP contribution in [0, 0.1) is 0 Å². The lowest BCUT2D eigenvalue weighted by Crippen LogP contribution is -2.63. The molecular weight excluding hydrogens is 904 g/mol. The summed E-state index contributed by atoms with van der Waals surface area (Å²) in [6.07, 6.45) is -8.69. The van der Waals surface area contributed by atoms with E-state index in [1.54, 1.807) is 0 Å². The van der Waals surface area contributed by atoms with Gasteiger partial charge in [-0.1, -0.05) is 0 Å². The number of hydrogen-bond acceptors (Lipinski definition) is 22. The predicted molar refractivity (Wildman–Crippen MR) is 233 cm³/mol. The van der Waals surface area contributed by atoms with E-state index in [0.717, 1.165) is 6.07 Å². The summed E-state index contributed by atoms with van der Waals surface area (Å²) < 4.78 is 95.4. The van der Waals surface area contributed by atoms with Crippen LogP contribution in [-0.4, -0.2) is 152 Å². The van der Waals surface area contributed by atoms with Crippen molar-refractivity contribution in [2.75, 3.05) is 91.9 Å². The number of rotatable bonds is 21. The first-order valence-corrected chi connectivity index (χ1v) is 20.1. The molecule has 22 nitrogen and oxygen atoms in total. The maximum atomic E-state index is 14.4. The van der Waals surface area contributed by atoms with Crippen molar-refractivity contribution in [3.8, 4) is 69.0 Å². The summed E-state index contributed by atoms with van der Waals surface area (Å²) in [5.74, 6) is -3.82. The number of methoxy groups -OCH3 is 12. The lowest BCUT2D eigenvalue weighted by molar-refractivity contribution is -0.291. The quantitative estimate of drug-likeness (QED) is 0.0879. The maximum absolute atomic E-state index is 14.4. The van der Waals surface area contributed by atoms with Crippen molar-refractivity contribution in [2.24, 2.45) is 0 Å². The summed E-state index contributed by atoms with van der Waals surface area (Å²) in [5, 5.41) is 10.7. The van der Waals surface area contributed by atoms with E-state index < -0.39 is 66.9 Å². The van der Waals surface area contributed by atoms with Gasteiger partial charge in [-0.25, -0.2) is 19.2 Å². The van der Waals surface area contributed by atoms with Crippen LogP contribution in [0.15, 0.2) is 48.5 Å². The molecule has 1 aliphatic rings. The fraction of sp³-hybridized carbons (Fsp3) is 0.391.